The van der Waals surface area contributed by atoms with Crippen LogP contribution in [0.5, 0.6) is 0 Å². The van der Waals surface area contributed by atoms with Crippen LogP contribution in [-0.4, -0.2) is 36.5 Å². The summed E-state index contributed by atoms with van der Waals surface area (Å²) in [4.78, 5) is 20.4. The average molecular weight is 274 g/mol. The third-order valence-electron chi connectivity index (χ3n) is 4.55. The number of likely N-dealkylation sites (tertiary alicyclic amines) is 1. The Morgan fingerprint density at radius 2 is 1.95 bits per heavy atom. The number of rotatable bonds is 2. The van der Waals surface area contributed by atoms with Crippen molar-refractivity contribution in [1.82, 2.24) is 4.90 Å². The molecule has 0 saturated carbocycles. The quantitative estimate of drug-likeness (QED) is 0.828. The van der Waals surface area contributed by atoms with Gasteiger partial charge in [0.05, 0.1) is 18.8 Å². The highest BCUT2D eigenvalue weighted by molar-refractivity contribution is 5.98. The number of nitrogens with zero attached hydrogens (tertiary/aromatic N) is 2. The standard InChI is InChI=1S/C16H23N3O/c1-13-7-2-3-12-19(13)15-14(8-6-9-17-15)16(20)18-10-4-5-11-18/h6,8-9,13H,2-5,7,10-12H2,1H3/p+1/t13-/m0/s1. The van der Waals surface area contributed by atoms with Crippen LogP contribution >= 0.6 is 0 Å². The van der Waals surface area contributed by atoms with Crippen LogP contribution in [0.4, 0.5) is 5.82 Å². The maximum atomic E-state index is 12.7. The molecule has 4 heteroatoms. The number of anilines is 1. The predicted octanol–water partition coefficient (Wildman–Crippen LogP) is 2.12. The minimum Gasteiger partial charge on any atom is -0.338 e. The first-order valence-electron chi connectivity index (χ1n) is 7.84. The van der Waals surface area contributed by atoms with E-state index < -0.39 is 0 Å². The zero-order valence-electron chi connectivity index (χ0n) is 12.3. The van der Waals surface area contributed by atoms with Crippen LogP contribution in [0.1, 0.15) is 49.4 Å². The average Bonchev–Trinajstić information content (AvgIpc) is 3.01. The zero-order valence-corrected chi connectivity index (χ0v) is 12.3. The van der Waals surface area contributed by atoms with E-state index in [1.807, 2.05) is 23.2 Å². The molecule has 1 amide bonds. The molecule has 2 fully saturated rings. The fraction of sp³-hybridized carbons (Fsp3) is 0.625. The number of hydrogen-bond donors (Lipinski definition) is 0. The number of piperidine rings is 1. The summed E-state index contributed by atoms with van der Waals surface area (Å²) in [5, 5.41) is 0. The summed E-state index contributed by atoms with van der Waals surface area (Å²) in [6, 6.07) is 4.41. The number of carbonyl (C=O) groups is 1. The summed E-state index contributed by atoms with van der Waals surface area (Å²) in [5.41, 5.74) is 0.836. The second kappa shape index (κ2) is 5.81. The molecule has 2 aliphatic heterocycles. The number of carbonyl (C=O) groups excluding carboxylic acids is 1. The van der Waals surface area contributed by atoms with E-state index in [0.717, 1.165) is 43.9 Å². The van der Waals surface area contributed by atoms with Crippen molar-refractivity contribution in [3.05, 3.63) is 23.9 Å². The molecule has 20 heavy (non-hydrogen) atoms. The van der Waals surface area contributed by atoms with E-state index in [2.05, 4.69) is 16.8 Å². The number of amides is 1. The van der Waals surface area contributed by atoms with Gasteiger partial charge in [-0.3, -0.25) is 9.69 Å². The Kier molecular flexibility index (Phi) is 3.90. The number of nitrogens with one attached hydrogen (secondary N) is 1. The van der Waals surface area contributed by atoms with Gasteiger partial charge in [-0.2, -0.15) is 0 Å². The lowest BCUT2D eigenvalue weighted by Gasteiger charge is -2.29. The van der Waals surface area contributed by atoms with Crippen LogP contribution in [0.25, 0.3) is 0 Å². The van der Waals surface area contributed by atoms with Crippen molar-refractivity contribution in [2.75, 3.05) is 24.5 Å². The zero-order chi connectivity index (χ0) is 13.9. The van der Waals surface area contributed by atoms with Crippen LogP contribution in [0.2, 0.25) is 0 Å². The van der Waals surface area contributed by atoms with Gasteiger partial charge in [-0.1, -0.05) is 0 Å². The summed E-state index contributed by atoms with van der Waals surface area (Å²) in [7, 11) is 0. The van der Waals surface area contributed by atoms with E-state index in [0.29, 0.717) is 6.04 Å². The first kappa shape index (κ1) is 13.4. The molecule has 0 unspecified atom stereocenters. The lowest BCUT2D eigenvalue weighted by molar-refractivity contribution is -0.364. The smallest absolute Gasteiger partial charge is 0.287 e. The van der Waals surface area contributed by atoms with Crippen molar-refractivity contribution in [2.45, 2.75) is 45.1 Å². The molecule has 0 bridgehead atoms. The molecule has 0 radical (unpaired) electrons. The number of H-pyrrole nitrogens is 1. The third-order valence-corrected chi connectivity index (χ3v) is 4.55. The first-order valence-corrected chi connectivity index (χ1v) is 7.84. The van der Waals surface area contributed by atoms with Gasteiger partial charge in [-0.05, 0) is 51.2 Å². The van der Waals surface area contributed by atoms with Gasteiger partial charge in [0.2, 0.25) is 0 Å². The molecule has 0 aromatic carbocycles. The van der Waals surface area contributed by atoms with Crippen LogP contribution in [-0.2, 0) is 0 Å². The first-order chi connectivity index (χ1) is 9.77. The van der Waals surface area contributed by atoms with Crippen LogP contribution in [0, 0.1) is 0 Å². The van der Waals surface area contributed by atoms with Gasteiger partial charge in [0.25, 0.3) is 11.7 Å². The molecule has 4 nitrogen and oxygen atoms in total. The second-order valence-corrected chi connectivity index (χ2v) is 5.97. The molecule has 2 aliphatic rings. The highest BCUT2D eigenvalue weighted by Gasteiger charge is 2.32. The molecule has 0 aliphatic carbocycles. The summed E-state index contributed by atoms with van der Waals surface area (Å²) >= 11 is 0. The predicted molar refractivity (Wildman–Crippen MR) is 78.8 cm³/mol. The third kappa shape index (κ3) is 2.51. The summed E-state index contributed by atoms with van der Waals surface area (Å²) < 4.78 is 0. The van der Waals surface area contributed by atoms with Gasteiger partial charge in [0.15, 0.2) is 0 Å². The van der Waals surface area contributed by atoms with Gasteiger partial charge in [-0.25, -0.2) is 4.98 Å². The van der Waals surface area contributed by atoms with Crippen molar-refractivity contribution in [3.63, 3.8) is 0 Å². The molecule has 3 heterocycles. The normalized spacial score (nSPS) is 23.1. The number of aromatic amines is 1. The fourth-order valence-electron chi connectivity index (χ4n) is 3.36. The highest BCUT2D eigenvalue weighted by atomic mass is 16.2. The largest absolute Gasteiger partial charge is 0.338 e. The number of aromatic nitrogens is 1. The maximum Gasteiger partial charge on any atom is 0.287 e. The Labute approximate surface area is 120 Å². The minimum atomic E-state index is 0.187. The van der Waals surface area contributed by atoms with Crippen molar-refractivity contribution in [2.24, 2.45) is 0 Å². The topological polar surface area (TPSA) is 37.7 Å². The molecular weight excluding hydrogens is 250 g/mol. The van der Waals surface area contributed by atoms with Gasteiger partial charge in [0.1, 0.15) is 5.56 Å². The van der Waals surface area contributed by atoms with E-state index in [9.17, 15) is 4.79 Å². The van der Waals surface area contributed by atoms with E-state index in [1.54, 1.807) is 0 Å². The van der Waals surface area contributed by atoms with E-state index in [-0.39, 0.29) is 5.91 Å². The molecule has 1 aromatic heterocycles. The lowest BCUT2D eigenvalue weighted by Crippen LogP contribution is -2.42. The van der Waals surface area contributed by atoms with Crippen LogP contribution in [0.15, 0.2) is 18.3 Å². The van der Waals surface area contributed by atoms with E-state index in [1.165, 1.54) is 19.3 Å². The molecule has 1 atom stereocenters. The minimum absolute atomic E-state index is 0.187. The molecule has 1 N–H and O–H groups in total. The van der Waals surface area contributed by atoms with Crippen molar-refractivity contribution in [1.29, 1.82) is 0 Å². The Hall–Kier alpha value is -1.58. The summed E-state index contributed by atoms with van der Waals surface area (Å²) in [6.07, 6.45) is 7.91. The SMILES string of the molecule is C[C@H]1CCCCN1c1[nH+]cccc1C(=O)N1CCCC1. The van der Waals surface area contributed by atoms with Crippen molar-refractivity contribution in [3.8, 4) is 0 Å². The second-order valence-electron chi connectivity index (χ2n) is 5.97. The molecule has 0 spiro atoms. The summed E-state index contributed by atoms with van der Waals surface area (Å²) in [5.74, 6) is 1.20. The maximum absolute atomic E-state index is 12.7. The van der Waals surface area contributed by atoms with Gasteiger partial charge in [-0.15, -0.1) is 0 Å². The van der Waals surface area contributed by atoms with Crippen LogP contribution < -0.4 is 9.88 Å². The molecular formula is C16H24N3O+. The molecule has 2 saturated heterocycles. The molecule has 3 rings (SSSR count). The Morgan fingerprint density at radius 1 is 1.20 bits per heavy atom. The summed E-state index contributed by atoms with van der Waals surface area (Å²) in [6.45, 7) is 5.11. The van der Waals surface area contributed by atoms with Crippen molar-refractivity contribution >= 4 is 11.7 Å². The van der Waals surface area contributed by atoms with E-state index >= 15 is 0 Å². The number of hydrogen-bond acceptors (Lipinski definition) is 2. The number of pyridine rings is 1. The lowest BCUT2D eigenvalue weighted by atomic mass is 10.0. The molecule has 108 valence electrons. The Balaban J connectivity index is 1.89. The van der Waals surface area contributed by atoms with E-state index in [4.69, 9.17) is 0 Å². The monoisotopic (exact) mass is 274 g/mol. The Bertz CT molecular complexity index is 482. The van der Waals surface area contributed by atoms with Gasteiger partial charge in [0, 0.05) is 13.1 Å². The van der Waals surface area contributed by atoms with Crippen molar-refractivity contribution < 1.29 is 9.78 Å². The fourth-order valence-corrected chi connectivity index (χ4v) is 3.36. The van der Waals surface area contributed by atoms with Crippen LogP contribution in [0.3, 0.4) is 0 Å². The highest BCUT2D eigenvalue weighted by Crippen LogP contribution is 2.25. The van der Waals surface area contributed by atoms with Gasteiger partial charge >= 0.3 is 0 Å². The van der Waals surface area contributed by atoms with Gasteiger partial charge < -0.3 is 4.90 Å². The molecule has 1 aromatic rings. The Morgan fingerprint density at radius 3 is 2.70 bits per heavy atom.